The third-order valence-electron chi connectivity index (χ3n) is 5.95. The second-order valence-electron chi connectivity index (χ2n) is 9.51. The number of aromatic nitrogens is 2. The van der Waals surface area contributed by atoms with E-state index in [0.29, 0.717) is 22.7 Å². The molecule has 1 unspecified atom stereocenters. The van der Waals surface area contributed by atoms with Gasteiger partial charge in [0.25, 0.3) is 0 Å². The molecule has 1 aliphatic rings. The third-order valence-corrected chi connectivity index (χ3v) is 6.20. The molecule has 0 radical (unpaired) electrons. The minimum atomic E-state index is -4.46. The molecule has 2 heterocycles. The lowest BCUT2D eigenvalue weighted by molar-refractivity contribution is -0.137. The molecule has 0 spiro atoms. The van der Waals surface area contributed by atoms with Crippen molar-refractivity contribution < 1.29 is 18.0 Å². The van der Waals surface area contributed by atoms with Gasteiger partial charge in [0, 0.05) is 28.9 Å². The molecule has 0 bridgehead atoms. The molecule has 0 aliphatic carbocycles. The van der Waals surface area contributed by atoms with E-state index in [1.807, 2.05) is 37.7 Å². The van der Waals surface area contributed by atoms with E-state index >= 15 is 0 Å². The summed E-state index contributed by atoms with van der Waals surface area (Å²) in [5.74, 6) is -0.551. The molecule has 10 heteroatoms. The fourth-order valence-electron chi connectivity index (χ4n) is 4.17. The predicted molar refractivity (Wildman–Crippen MR) is 133 cm³/mol. The standard InChI is InChI=1S/C25H26ClF3N4O.ClH/c1-24(2,3)33-12-11-20(32-33)19-14-21(23(34)30-18-9-7-17(26)8-10-18)31-22(19)15-5-4-6-16(13-15)25(27,28)29;/h4-13,19,21-22,31H,14H2,1-3H3,(H,30,34);1H/t19?,21-,22-;/m0./s1. The molecule has 1 aliphatic heterocycles. The van der Waals surface area contributed by atoms with E-state index < -0.39 is 23.8 Å². The number of hydrogen-bond acceptors (Lipinski definition) is 3. The van der Waals surface area contributed by atoms with Crippen molar-refractivity contribution in [3.63, 3.8) is 0 Å². The molecule has 1 aromatic heterocycles. The maximum atomic E-state index is 13.4. The Hall–Kier alpha value is -2.55. The van der Waals surface area contributed by atoms with Gasteiger partial charge in [-0.3, -0.25) is 14.8 Å². The molecule has 2 aromatic carbocycles. The summed E-state index contributed by atoms with van der Waals surface area (Å²) in [6.45, 7) is 6.05. The maximum absolute atomic E-state index is 13.4. The SMILES string of the molecule is CC(C)(C)n1ccc(C2C[C@@H](C(=O)Nc3ccc(Cl)cc3)N[C@H]2c2cccc(C(F)(F)F)c2)n1.Cl. The van der Waals surface area contributed by atoms with Crippen molar-refractivity contribution in [3.8, 4) is 0 Å². The number of benzene rings is 2. The Kier molecular flexibility index (Phi) is 7.89. The molecule has 0 saturated carbocycles. The van der Waals surface area contributed by atoms with Crippen molar-refractivity contribution in [3.05, 3.63) is 82.6 Å². The maximum Gasteiger partial charge on any atom is 0.416 e. The average Bonchev–Trinajstić information content (AvgIpc) is 3.42. The van der Waals surface area contributed by atoms with Crippen LogP contribution in [0.1, 0.15) is 56.0 Å². The Morgan fingerprint density at radius 3 is 2.40 bits per heavy atom. The molecule has 1 amide bonds. The smallest absolute Gasteiger partial charge is 0.325 e. The second kappa shape index (κ2) is 10.2. The van der Waals surface area contributed by atoms with Gasteiger partial charge in [-0.15, -0.1) is 12.4 Å². The minimum Gasteiger partial charge on any atom is -0.325 e. The second-order valence-corrected chi connectivity index (χ2v) is 9.95. The van der Waals surface area contributed by atoms with Crippen molar-refractivity contribution in [2.45, 2.75) is 56.9 Å². The summed E-state index contributed by atoms with van der Waals surface area (Å²) in [6.07, 6.45) is -2.20. The van der Waals surface area contributed by atoms with Gasteiger partial charge in [0.05, 0.1) is 22.8 Å². The number of anilines is 1. The van der Waals surface area contributed by atoms with Crippen molar-refractivity contribution in [1.82, 2.24) is 15.1 Å². The first-order valence-electron chi connectivity index (χ1n) is 11.0. The van der Waals surface area contributed by atoms with Crippen molar-refractivity contribution >= 4 is 35.6 Å². The number of alkyl halides is 3. The molecular formula is C25H27Cl2F3N4O. The zero-order valence-electron chi connectivity index (χ0n) is 19.4. The van der Waals surface area contributed by atoms with Crippen LogP contribution in [0.5, 0.6) is 0 Å². The van der Waals surface area contributed by atoms with Gasteiger partial charge in [-0.1, -0.05) is 23.7 Å². The largest absolute Gasteiger partial charge is 0.416 e. The number of rotatable bonds is 4. The van der Waals surface area contributed by atoms with Crippen LogP contribution in [0.25, 0.3) is 0 Å². The first-order valence-corrected chi connectivity index (χ1v) is 11.4. The first kappa shape index (κ1) is 27.0. The number of nitrogens with one attached hydrogen (secondary N) is 2. The van der Waals surface area contributed by atoms with Gasteiger partial charge in [-0.25, -0.2) is 0 Å². The van der Waals surface area contributed by atoms with Gasteiger partial charge in [-0.05, 0) is 75.2 Å². The van der Waals surface area contributed by atoms with E-state index in [9.17, 15) is 18.0 Å². The highest BCUT2D eigenvalue weighted by Gasteiger charge is 2.41. The van der Waals surface area contributed by atoms with Crippen molar-refractivity contribution in [2.24, 2.45) is 0 Å². The Bertz CT molecular complexity index is 1170. The highest BCUT2D eigenvalue weighted by molar-refractivity contribution is 6.30. The van der Waals surface area contributed by atoms with Crippen LogP contribution in [-0.4, -0.2) is 21.7 Å². The topological polar surface area (TPSA) is 59.0 Å². The summed E-state index contributed by atoms with van der Waals surface area (Å²) >= 11 is 5.91. The van der Waals surface area contributed by atoms with Gasteiger partial charge in [-0.2, -0.15) is 18.3 Å². The summed E-state index contributed by atoms with van der Waals surface area (Å²) in [7, 11) is 0. The number of amides is 1. The minimum absolute atomic E-state index is 0. The summed E-state index contributed by atoms with van der Waals surface area (Å²) < 4.78 is 42.0. The fraction of sp³-hybridized carbons (Fsp3) is 0.360. The molecular weight excluding hydrogens is 500 g/mol. The van der Waals surface area contributed by atoms with Gasteiger partial charge in [0.15, 0.2) is 0 Å². The lowest BCUT2D eigenvalue weighted by atomic mass is 9.90. The van der Waals surface area contributed by atoms with Crippen LogP contribution in [0, 0.1) is 0 Å². The van der Waals surface area contributed by atoms with Crippen molar-refractivity contribution in [1.29, 1.82) is 0 Å². The quantitative estimate of drug-likeness (QED) is 0.404. The number of halogens is 5. The Balaban J connectivity index is 0.00000342. The Morgan fingerprint density at radius 2 is 1.80 bits per heavy atom. The van der Waals surface area contributed by atoms with Crippen LogP contribution in [0.4, 0.5) is 18.9 Å². The summed E-state index contributed by atoms with van der Waals surface area (Å²) in [5, 5.41) is 11.4. The van der Waals surface area contributed by atoms with Crippen LogP contribution in [0.3, 0.4) is 0 Å². The van der Waals surface area contributed by atoms with Crippen LogP contribution < -0.4 is 10.6 Å². The number of carbonyl (C=O) groups is 1. The predicted octanol–water partition coefficient (Wildman–Crippen LogP) is 6.56. The number of carbonyl (C=O) groups excluding carboxylic acids is 1. The van der Waals surface area contributed by atoms with Gasteiger partial charge >= 0.3 is 6.18 Å². The average molecular weight is 527 g/mol. The molecule has 3 aromatic rings. The molecule has 188 valence electrons. The highest BCUT2D eigenvalue weighted by Crippen LogP contribution is 2.41. The zero-order valence-corrected chi connectivity index (χ0v) is 21.0. The molecule has 1 fully saturated rings. The van der Waals surface area contributed by atoms with Crippen LogP contribution in [0.15, 0.2) is 60.8 Å². The normalized spacial score (nSPS) is 20.4. The van der Waals surface area contributed by atoms with E-state index in [1.54, 1.807) is 30.3 Å². The van der Waals surface area contributed by atoms with E-state index in [1.165, 1.54) is 6.07 Å². The molecule has 5 nitrogen and oxygen atoms in total. The van der Waals surface area contributed by atoms with Gasteiger partial charge in [0.1, 0.15) is 0 Å². The van der Waals surface area contributed by atoms with Crippen molar-refractivity contribution in [2.75, 3.05) is 5.32 Å². The molecule has 1 saturated heterocycles. The Labute approximate surface area is 213 Å². The summed E-state index contributed by atoms with van der Waals surface area (Å²) in [4.78, 5) is 13.0. The lowest BCUT2D eigenvalue weighted by Gasteiger charge is -2.21. The summed E-state index contributed by atoms with van der Waals surface area (Å²) in [5.41, 5.74) is 0.812. The van der Waals surface area contributed by atoms with E-state index in [-0.39, 0.29) is 29.8 Å². The monoisotopic (exact) mass is 526 g/mol. The third kappa shape index (κ3) is 6.18. The Morgan fingerprint density at radius 1 is 1.11 bits per heavy atom. The van der Waals surface area contributed by atoms with Gasteiger partial charge in [0.2, 0.25) is 5.91 Å². The highest BCUT2D eigenvalue weighted by atomic mass is 35.5. The molecule has 3 atom stereocenters. The van der Waals surface area contributed by atoms with Crippen LogP contribution >= 0.6 is 24.0 Å². The first-order chi connectivity index (χ1) is 15.9. The zero-order chi connectivity index (χ0) is 24.7. The number of hydrogen-bond donors (Lipinski definition) is 2. The van der Waals surface area contributed by atoms with E-state index in [2.05, 4.69) is 10.6 Å². The van der Waals surface area contributed by atoms with Crippen LogP contribution in [-0.2, 0) is 16.5 Å². The lowest BCUT2D eigenvalue weighted by Crippen LogP contribution is -2.36. The fourth-order valence-corrected chi connectivity index (χ4v) is 4.30. The summed E-state index contributed by atoms with van der Waals surface area (Å²) in [6, 6.07) is 12.7. The van der Waals surface area contributed by atoms with E-state index in [4.69, 9.17) is 16.7 Å². The molecule has 35 heavy (non-hydrogen) atoms. The number of nitrogens with zero attached hydrogens (tertiary/aromatic N) is 2. The van der Waals surface area contributed by atoms with Crippen LogP contribution in [0.2, 0.25) is 5.02 Å². The molecule has 4 rings (SSSR count). The van der Waals surface area contributed by atoms with Gasteiger partial charge < -0.3 is 5.32 Å². The van der Waals surface area contributed by atoms with E-state index in [0.717, 1.165) is 17.8 Å². The molecule has 2 N–H and O–H groups in total.